The molecule has 148 valence electrons. The first-order valence-corrected chi connectivity index (χ1v) is 10.2. The number of halogens is 1. The first-order chi connectivity index (χ1) is 13.0. The maximum Gasteiger partial charge on any atom is 0.0917 e. The maximum atomic E-state index is 10.6. The summed E-state index contributed by atoms with van der Waals surface area (Å²) in [5.74, 6) is 0.527. The molecule has 1 saturated heterocycles. The van der Waals surface area contributed by atoms with Crippen molar-refractivity contribution in [1.82, 2.24) is 19.6 Å². The fourth-order valence-electron chi connectivity index (χ4n) is 4.36. The molecule has 0 bridgehead atoms. The van der Waals surface area contributed by atoms with Gasteiger partial charge in [-0.2, -0.15) is 5.10 Å². The summed E-state index contributed by atoms with van der Waals surface area (Å²) in [4.78, 5) is 4.81. The molecule has 3 rings (SSSR count). The smallest absolute Gasteiger partial charge is 0.0917 e. The third-order valence-corrected chi connectivity index (χ3v) is 5.83. The fraction of sp³-hybridized carbons (Fsp3) is 0.571. The van der Waals surface area contributed by atoms with E-state index in [0.717, 1.165) is 25.2 Å². The van der Waals surface area contributed by atoms with Crippen molar-refractivity contribution in [2.45, 2.75) is 31.9 Å². The molecular weight excluding hydrogens is 360 g/mol. The van der Waals surface area contributed by atoms with Crippen LogP contribution in [0.25, 0.3) is 0 Å². The van der Waals surface area contributed by atoms with Crippen LogP contribution in [0.5, 0.6) is 0 Å². The Morgan fingerprint density at radius 1 is 1.41 bits per heavy atom. The summed E-state index contributed by atoms with van der Waals surface area (Å²) in [5.41, 5.74) is 2.17. The summed E-state index contributed by atoms with van der Waals surface area (Å²) < 4.78 is 1.89. The van der Waals surface area contributed by atoms with Gasteiger partial charge in [0.1, 0.15) is 0 Å². The highest BCUT2D eigenvalue weighted by Crippen LogP contribution is 2.36. The van der Waals surface area contributed by atoms with Crippen LogP contribution in [0.1, 0.15) is 43.0 Å². The van der Waals surface area contributed by atoms with E-state index in [1.54, 1.807) is 0 Å². The standard InChI is InChI=1S/C21H31ClN4O/c1-4-26-10-6-8-17(21(26)18-12-23-25(3)14-18)13-24(2)15-20(27)16-7-5-9-19(22)11-16/h5,7,9,11-12,14,17,20-21,27H,4,6,8,10,13,15H2,1-3H3/t17-,20+,21+/m0/s1. The zero-order chi connectivity index (χ0) is 19.4. The lowest BCUT2D eigenvalue weighted by molar-refractivity contribution is 0.0597. The number of nitrogens with zero attached hydrogens (tertiary/aromatic N) is 4. The number of aliphatic hydroxyl groups excluding tert-OH is 1. The molecule has 1 fully saturated rings. The molecule has 5 nitrogen and oxygen atoms in total. The number of aliphatic hydroxyl groups is 1. The Balaban J connectivity index is 1.68. The van der Waals surface area contributed by atoms with Crippen LogP contribution in [0.3, 0.4) is 0 Å². The van der Waals surface area contributed by atoms with Crippen molar-refractivity contribution < 1.29 is 5.11 Å². The quantitative estimate of drug-likeness (QED) is 0.785. The molecule has 6 heteroatoms. The lowest BCUT2D eigenvalue weighted by Crippen LogP contribution is -2.43. The Hall–Kier alpha value is -1.40. The molecule has 0 unspecified atom stereocenters. The zero-order valence-electron chi connectivity index (χ0n) is 16.6. The van der Waals surface area contributed by atoms with Crippen LogP contribution >= 0.6 is 11.6 Å². The van der Waals surface area contributed by atoms with Crippen LogP contribution in [0.15, 0.2) is 36.7 Å². The molecule has 0 radical (unpaired) electrons. The molecule has 1 N–H and O–H groups in total. The Morgan fingerprint density at radius 2 is 2.22 bits per heavy atom. The van der Waals surface area contributed by atoms with Gasteiger partial charge in [-0.25, -0.2) is 0 Å². The van der Waals surface area contributed by atoms with E-state index in [1.165, 1.54) is 18.4 Å². The molecule has 2 heterocycles. The summed E-state index contributed by atoms with van der Waals surface area (Å²) >= 11 is 6.06. The van der Waals surface area contributed by atoms with E-state index in [-0.39, 0.29) is 0 Å². The Labute approximate surface area is 167 Å². The van der Waals surface area contributed by atoms with E-state index in [1.807, 2.05) is 42.2 Å². The Morgan fingerprint density at radius 3 is 2.89 bits per heavy atom. The first kappa shape index (κ1) is 20.3. The summed E-state index contributed by atoms with van der Waals surface area (Å²) in [6.07, 6.45) is 6.04. The molecule has 1 aromatic carbocycles. The molecule has 2 aromatic rings. The number of likely N-dealkylation sites (tertiary alicyclic amines) is 1. The van der Waals surface area contributed by atoms with Gasteiger partial charge in [0, 0.05) is 43.0 Å². The molecule has 27 heavy (non-hydrogen) atoms. The van der Waals surface area contributed by atoms with Crippen LogP contribution in [0.4, 0.5) is 0 Å². The summed E-state index contributed by atoms with van der Waals surface area (Å²) in [5, 5.41) is 15.7. The molecule has 0 saturated carbocycles. The summed E-state index contributed by atoms with van der Waals surface area (Å²) in [7, 11) is 4.07. The highest BCUT2D eigenvalue weighted by atomic mass is 35.5. The van der Waals surface area contributed by atoms with E-state index in [4.69, 9.17) is 11.6 Å². The predicted octanol–water partition coefficient (Wildman–Crippen LogP) is 3.51. The van der Waals surface area contributed by atoms with Crippen molar-refractivity contribution in [3.63, 3.8) is 0 Å². The second-order valence-electron chi connectivity index (χ2n) is 7.72. The monoisotopic (exact) mass is 390 g/mol. The number of piperidine rings is 1. The number of hydrogen-bond acceptors (Lipinski definition) is 4. The molecule has 1 aliphatic rings. The third-order valence-electron chi connectivity index (χ3n) is 5.60. The molecular formula is C21H31ClN4O. The second-order valence-corrected chi connectivity index (χ2v) is 8.15. The number of aromatic nitrogens is 2. The van der Waals surface area contributed by atoms with Crippen molar-refractivity contribution in [2.75, 3.05) is 33.2 Å². The van der Waals surface area contributed by atoms with Gasteiger partial charge < -0.3 is 10.0 Å². The van der Waals surface area contributed by atoms with Crippen molar-refractivity contribution >= 4 is 11.6 Å². The molecule has 0 amide bonds. The predicted molar refractivity (Wildman–Crippen MR) is 110 cm³/mol. The fourth-order valence-corrected chi connectivity index (χ4v) is 4.56. The minimum Gasteiger partial charge on any atom is -0.387 e. The average molecular weight is 391 g/mol. The van der Waals surface area contributed by atoms with Crippen molar-refractivity contribution in [1.29, 1.82) is 0 Å². The van der Waals surface area contributed by atoms with Crippen LogP contribution < -0.4 is 0 Å². The van der Waals surface area contributed by atoms with Gasteiger partial charge in [0.25, 0.3) is 0 Å². The molecule has 0 spiro atoms. The number of rotatable bonds is 7. The van der Waals surface area contributed by atoms with Gasteiger partial charge in [0.2, 0.25) is 0 Å². The summed E-state index contributed by atoms with van der Waals surface area (Å²) in [6.45, 7) is 5.97. The van der Waals surface area contributed by atoms with Gasteiger partial charge in [-0.1, -0.05) is 30.7 Å². The minimum absolute atomic E-state index is 0.392. The van der Waals surface area contributed by atoms with Crippen LogP contribution in [-0.2, 0) is 7.05 Å². The van der Waals surface area contributed by atoms with E-state index < -0.39 is 6.10 Å². The second kappa shape index (κ2) is 9.20. The SMILES string of the molecule is CCN1CCC[C@@H](CN(C)C[C@@H](O)c2cccc(Cl)c2)[C@@H]1c1cnn(C)c1. The number of likely N-dealkylation sites (N-methyl/N-ethyl adjacent to an activating group) is 1. The van der Waals surface area contributed by atoms with Gasteiger partial charge >= 0.3 is 0 Å². The van der Waals surface area contributed by atoms with E-state index in [2.05, 4.69) is 35.1 Å². The lowest BCUT2D eigenvalue weighted by Gasteiger charge is -2.42. The molecule has 0 aliphatic carbocycles. The van der Waals surface area contributed by atoms with Crippen LogP contribution in [0.2, 0.25) is 5.02 Å². The van der Waals surface area contributed by atoms with Crippen molar-refractivity contribution in [2.24, 2.45) is 13.0 Å². The van der Waals surface area contributed by atoms with Crippen LogP contribution in [-0.4, -0.2) is 57.9 Å². The van der Waals surface area contributed by atoms with Gasteiger partial charge in [-0.15, -0.1) is 0 Å². The summed E-state index contributed by atoms with van der Waals surface area (Å²) in [6, 6.07) is 7.89. The minimum atomic E-state index is -0.531. The van der Waals surface area contributed by atoms with Gasteiger partial charge in [-0.05, 0) is 56.6 Å². The number of hydrogen-bond donors (Lipinski definition) is 1. The van der Waals surface area contributed by atoms with Gasteiger partial charge in [0.05, 0.1) is 12.3 Å². The molecule has 3 atom stereocenters. The van der Waals surface area contributed by atoms with E-state index >= 15 is 0 Å². The average Bonchev–Trinajstić information content (AvgIpc) is 3.07. The highest BCUT2D eigenvalue weighted by Gasteiger charge is 2.33. The number of benzene rings is 1. The topological polar surface area (TPSA) is 44.5 Å². The third kappa shape index (κ3) is 5.11. The van der Waals surface area contributed by atoms with Crippen LogP contribution in [0, 0.1) is 5.92 Å². The molecule has 1 aliphatic heterocycles. The number of aryl methyl sites for hydroxylation is 1. The maximum absolute atomic E-state index is 10.6. The zero-order valence-corrected chi connectivity index (χ0v) is 17.3. The molecule has 1 aromatic heterocycles. The lowest BCUT2D eigenvalue weighted by atomic mass is 9.85. The van der Waals surface area contributed by atoms with Gasteiger partial charge in [0.15, 0.2) is 0 Å². The highest BCUT2D eigenvalue weighted by molar-refractivity contribution is 6.30. The van der Waals surface area contributed by atoms with E-state index in [0.29, 0.717) is 23.5 Å². The van der Waals surface area contributed by atoms with E-state index in [9.17, 15) is 5.11 Å². The Bertz CT molecular complexity index is 734. The van der Waals surface area contributed by atoms with Gasteiger partial charge in [-0.3, -0.25) is 9.58 Å². The van der Waals surface area contributed by atoms with Crippen molar-refractivity contribution in [3.8, 4) is 0 Å². The normalized spacial score (nSPS) is 22.3. The van der Waals surface area contributed by atoms with Crippen molar-refractivity contribution in [3.05, 3.63) is 52.8 Å². The first-order valence-electron chi connectivity index (χ1n) is 9.82. The largest absolute Gasteiger partial charge is 0.387 e. The Kier molecular flexibility index (Phi) is 6.93.